The molecular weight excluding hydrogens is 683 g/mol. The van der Waals surface area contributed by atoms with Crippen LogP contribution in [0.15, 0.2) is 180 Å². The van der Waals surface area contributed by atoms with E-state index in [1.54, 1.807) is 0 Å². The van der Waals surface area contributed by atoms with Crippen molar-refractivity contribution in [1.82, 2.24) is 14.5 Å². The topological polar surface area (TPSA) is 43.9 Å². The standard InChI is InChI=1S/C52H29N3O/c1-3-13-33-30(11-1)22-26-43-48(33)49-44(27-24-40-37-17-6-5-15-35(37)36-16-7-8-19-39(36)47(40)49)55(43)52-50(54-51-34-14-4-2-12-31(34)21-25-42(51)53-52)32-23-28-46-41(29-32)38-18-9-10-20-45(38)56-46/h1-29H. The lowest BCUT2D eigenvalue weighted by Crippen LogP contribution is -2.04. The quantitative estimate of drug-likeness (QED) is 0.168. The van der Waals surface area contributed by atoms with Gasteiger partial charge in [0.2, 0.25) is 0 Å². The van der Waals surface area contributed by atoms with Crippen molar-refractivity contribution in [2.45, 2.75) is 0 Å². The maximum Gasteiger partial charge on any atom is 0.165 e. The second-order valence-electron chi connectivity index (χ2n) is 14.8. The number of aromatic nitrogens is 3. The average Bonchev–Trinajstić information content (AvgIpc) is 3.81. The molecule has 0 aliphatic heterocycles. The van der Waals surface area contributed by atoms with Crippen molar-refractivity contribution < 1.29 is 4.42 Å². The third-order valence-electron chi connectivity index (χ3n) is 11.9. The van der Waals surface area contributed by atoms with E-state index in [1.807, 2.05) is 12.1 Å². The van der Waals surface area contributed by atoms with E-state index in [1.165, 1.54) is 53.9 Å². The van der Waals surface area contributed by atoms with Gasteiger partial charge in [-0.3, -0.25) is 4.57 Å². The number of hydrogen-bond donors (Lipinski definition) is 0. The van der Waals surface area contributed by atoms with E-state index in [0.717, 1.165) is 71.9 Å². The predicted molar refractivity (Wildman–Crippen MR) is 234 cm³/mol. The van der Waals surface area contributed by atoms with Gasteiger partial charge in [-0.2, -0.15) is 0 Å². The Morgan fingerprint density at radius 1 is 0.375 bits per heavy atom. The summed E-state index contributed by atoms with van der Waals surface area (Å²) in [7, 11) is 0. The van der Waals surface area contributed by atoms with Crippen LogP contribution in [0.5, 0.6) is 0 Å². The first-order valence-electron chi connectivity index (χ1n) is 19.1. The van der Waals surface area contributed by atoms with Gasteiger partial charge in [0.25, 0.3) is 0 Å². The molecule has 0 radical (unpaired) electrons. The maximum absolute atomic E-state index is 6.30. The van der Waals surface area contributed by atoms with Gasteiger partial charge in [-0.1, -0.05) is 133 Å². The smallest absolute Gasteiger partial charge is 0.165 e. The monoisotopic (exact) mass is 711 g/mol. The molecule has 56 heavy (non-hydrogen) atoms. The summed E-state index contributed by atoms with van der Waals surface area (Å²) in [6.07, 6.45) is 0. The molecule has 0 amide bonds. The molecule has 4 heteroatoms. The highest BCUT2D eigenvalue weighted by atomic mass is 16.3. The highest BCUT2D eigenvalue weighted by Crippen LogP contribution is 2.46. The first-order valence-corrected chi connectivity index (χ1v) is 19.1. The Bertz CT molecular complexity index is 3800. The second-order valence-corrected chi connectivity index (χ2v) is 14.8. The van der Waals surface area contributed by atoms with Crippen LogP contribution in [0.1, 0.15) is 0 Å². The first-order chi connectivity index (χ1) is 27.8. The molecule has 0 N–H and O–H groups in total. The summed E-state index contributed by atoms with van der Waals surface area (Å²) in [5.74, 6) is 0.791. The summed E-state index contributed by atoms with van der Waals surface area (Å²) in [6, 6.07) is 63.0. The molecule has 10 aromatic carbocycles. The number of rotatable bonds is 2. The molecule has 0 atom stereocenters. The van der Waals surface area contributed by atoms with Crippen LogP contribution < -0.4 is 0 Å². The zero-order valence-corrected chi connectivity index (χ0v) is 30.0. The molecule has 0 saturated carbocycles. The van der Waals surface area contributed by atoms with Gasteiger partial charge in [0.05, 0.1) is 22.1 Å². The number of furan rings is 1. The van der Waals surface area contributed by atoms with E-state index in [9.17, 15) is 0 Å². The lowest BCUT2D eigenvalue weighted by atomic mass is 9.91. The molecule has 0 aliphatic rings. The lowest BCUT2D eigenvalue weighted by Gasteiger charge is -2.15. The van der Waals surface area contributed by atoms with Crippen molar-refractivity contribution >= 4 is 109 Å². The largest absolute Gasteiger partial charge is 0.456 e. The fraction of sp³-hybridized carbons (Fsp3) is 0. The molecule has 13 rings (SSSR count). The SMILES string of the molecule is c1ccc2c(c1)ccc1nc(-n3c4ccc5ccccc5c4c4c5c6ccccc6c6ccccc6c5ccc43)c(-c3ccc4oc5ccccc5c4c3)nc12. The van der Waals surface area contributed by atoms with Crippen LogP contribution in [0.3, 0.4) is 0 Å². The van der Waals surface area contributed by atoms with Crippen LogP contribution in [0, 0.1) is 0 Å². The van der Waals surface area contributed by atoms with Gasteiger partial charge >= 0.3 is 0 Å². The molecule has 13 aromatic rings. The third-order valence-corrected chi connectivity index (χ3v) is 11.9. The van der Waals surface area contributed by atoms with Crippen LogP contribution in [0.25, 0.3) is 126 Å². The van der Waals surface area contributed by atoms with E-state index in [2.05, 4.69) is 168 Å². The van der Waals surface area contributed by atoms with Crippen LogP contribution in [-0.2, 0) is 0 Å². The van der Waals surface area contributed by atoms with Gasteiger partial charge < -0.3 is 4.42 Å². The number of fused-ring (bicyclic) bond motifs is 18. The molecule has 3 heterocycles. The number of hydrogen-bond acceptors (Lipinski definition) is 3. The van der Waals surface area contributed by atoms with E-state index in [0.29, 0.717) is 0 Å². The first kappa shape index (κ1) is 29.8. The summed E-state index contributed by atoms with van der Waals surface area (Å²) in [5, 5.41) is 16.7. The van der Waals surface area contributed by atoms with Crippen molar-refractivity contribution in [3.63, 3.8) is 0 Å². The van der Waals surface area contributed by atoms with Crippen molar-refractivity contribution in [3.05, 3.63) is 176 Å². The summed E-state index contributed by atoms with van der Waals surface area (Å²) in [5.41, 5.74) is 7.44. The Hall–Kier alpha value is -7.56. The molecule has 3 aromatic heterocycles. The second kappa shape index (κ2) is 11.0. The zero-order chi connectivity index (χ0) is 36.5. The van der Waals surface area contributed by atoms with Gasteiger partial charge in [-0.05, 0) is 85.6 Å². The minimum absolute atomic E-state index is 0.791. The summed E-state index contributed by atoms with van der Waals surface area (Å²) >= 11 is 0. The molecular formula is C52H29N3O. The highest BCUT2D eigenvalue weighted by Gasteiger charge is 2.24. The fourth-order valence-electron chi connectivity index (χ4n) is 9.49. The summed E-state index contributed by atoms with van der Waals surface area (Å²) < 4.78 is 8.67. The Balaban J connectivity index is 1.25. The number of para-hydroxylation sites is 1. The van der Waals surface area contributed by atoms with Gasteiger partial charge in [0.1, 0.15) is 16.9 Å². The number of benzene rings is 10. The molecule has 0 spiro atoms. The molecule has 0 saturated heterocycles. The van der Waals surface area contributed by atoms with E-state index >= 15 is 0 Å². The van der Waals surface area contributed by atoms with Gasteiger partial charge in [0.15, 0.2) is 5.82 Å². The van der Waals surface area contributed by atoms with Crippen molar-refractivity contribution in [3.8, 4) is 17.1 Å². The van der Waals surface area contributed by atoms with Gasteiger partial charge in [0, 0.05) is 37.9 Å². The van der Waals surface area contributed by atoms with E-state index in [4.69, 9.17) is 14.4 Å². The minimum atomic E-state index is 0.791. The van der Waals surface area contributed by atoms with Crippen LogP contribution in [-0.4, -0.2) is 14.5 Å². The van der Waals surface area contributed by atoms with Crippen molar-refractivity contribution in [1.29, 1.82) is 0 Å². The lowest BCUT2D eigenvalue weighted by molar-refractivity contribution is 0.669. The normalized spacial score (nSPS) is 12.3. The van der Waals surface area contributed by atoms with Crippen LogP contribution in [0.4, 0.5) is 0 Å². The van der Waals surface area contributed by atoms with E-state index in [-0.39, 0.29) is 0 Å². The zero-order valence-electron chi connectivity index (χ0n) is 30.0. The van der Waals surface area contributed by atoms with Crippen LogP contribution in [0.2, 0.25) is 0 Å². The van der Waals surface area contributed by atoms with Gasteiger partial charge in [-0.15, -0.1) is 0 Å². The Labute approximate surface area is 319 Å². The Morgan fingerprint density at radius 2 is 0.946 bits per heavy atom. The Morgan fingerprint density at radius 3 is 1.75 bits per heavy atom. The third kappa shape index (κ3) is 3.97. The fourth-order valence-corrected chi connectivity index (χ4v) is 9.49. The van der Waals surface area contributed by atoms with Gasteiger partial charge in [-0.25, -0.2) is 9.97 Å². The maximum atomic E-state index is 6.30. The molecule has 0 fully saturated rings. The molecule has 0 bridgehead atoms. The molecule has 0 unspecified atom stereocenters. The summed E-state index contributed by atoms with van der Waals surface area (Å²) in [6.45, 7) is 0. The molecule has 258 valence electrons. The predicted octanol–water partition coefficient (Wildman–Crippen LogP) is 14.1. The molecule has 0 aliphatic carbocycles. The average molecular weight is 712 g/mol. The van der Waals surface area contributed by atoms with E-state index < -0.39 is 0 Å². The highest BCUT2D eigenvalue weighted by molar-refractivity contribution is 6.38. The number of nitrogens with zero attached hydrogens (tertiary/aromatic N) is 3. The molecule has 4 nitrogen and oxygen atoms in total. The van der Waals surface area contributed by atoms with Crippen LogP contribution >= 0.6 is 0 Å². The van der Waals surface area contributed by atoms with Crippen molar-refractivity contribution in [2.24, 2.45) is 0 Å². The Kier molecular flexibility index (Phi) is 5.86. The minimum Gasteiger partial charge on any atom is -0.456 e. The van der Waals surface area contributed by atoms with Crippen molar-refractivity contribution in [2.75, 3.05) is 0 Å². The summed E-state index contributed by atoms with van der Waals surface area (Å²) in [4.78, 5) is 11.2.